The lowest BCUT2D eigenvalue weighted by Gasteiger charge is -2.09. The topological polar surface area (TPSA) is 52.6 Å². The fourth-order valence-electron chi connectivity index (χ4n) is 0.840. The van der Waals surface area contributed by atoms with Gasteiger partial charge in [0.25, 0.3) is 0 Å². The van der Waals surface area contributed by atoms with Crippen molar-refractivity contribution in [3.63, 3.8) is 0 Å². The molecule has 0 spiro atoms. The van der Waals surface area contributed by atoms with Crippen molar-refractivity contribution in [2.45, 2.75) is 26.1 Å². The lowest BCUT2D eigenvalue weighted by Crippen LogP contribution is -2.17. The molecule has 1 atom stereocenters. The van der Waals surface area contributed by atoms with E-state index in [1.807, 2.05) is 0 Å². The van der Waals surface area contributed by atoms with Crippen molar-refractivity contribution in [1.29, 1.82) is 0 Å². The van der Waals surface area contributed by atoms with Crippen molar-refractivity contribution in [3.8, 4) is 0 Å². The molecule has 1 unspecified atom stereocenters. The van der Waals surface area contributed by atoms with Gasteiger partial charge in [-0.1, -0.05) is 0 Å². The molecule has 1 aliphatic rings. The third-order valence-electron chi connectivity index (χ3n) is 1.57. The summed E-state index contributed by atoms with van der Waals surface area (Å²) in [6.07, 6.45) is -0.130. The molecule has 0 aromatic rings. The second-order valence-corrected chi connectivity index (χ2v) is 2.66. The molecule has 1 saturated heterocycles. The zero-order valence-electron chi connectivity index (χ0n) is 7.08. The molecule has 0 amide bonds. The molecule has 0 aromatic heterocycles. The van der Waals surface area contributed by atoms with E-state index in [2.05, 4.69) is 9.47 Å². The van der Waals surface area contributed by atoms with Crippen LogP contribution in [0.5, 0.6) is 0 Å². The van der Waals surface area contributed by atoms with Crippen LogP contribution in [-0.4, -0.2) is 18.2 Å². The minimum absolute atomic E-state index is 0.150. The maximum absolute atomic E-state index is 11.8. The average Bonchev–Trinajstić information content (AvgIpc) is 2.49. The maximum Gasteiger partial charge on any atom is 0.339 e. The molecule has 72 valence electrons. The van der Waals surface area contributed by atoms with Gasteiger partial charge in [-0.2, -0.15) is 0 Å². The monoisotopic (exact) mass is 188 g/mol. The molecule has 0 aromatic carbocycles. The molecule has 1 heterocycles. The van der Waals surface area contributed by atoms with Crippen LogP contribution in [0, 0.1) is 0 Å². The van der Waals surface area contributed by atoms with E-state index in [0.29, 0.717) is 6.42 Å². The van der Waals surface area contributed by atoms with Gasteiger partial charge in [0.15, 0.2) is 0 Å². The highest BCUT2D eigenvalue weighted by molar-refractivity contribution is 5.87. The zero-order valence-corrected chi connectivity index (χ0v) is 7.08. The van der Waals surface area contributed by atoms with Gasteiger partial charge in [-0.15, -0.1) is 0 Å². The highest BCUT2D eigenvalue weighted by Crippen LogP contribution is 2.16. The first-order valence-electron chi connectivity index (χ1n) is 3.81. The van der Waals surface area contributed by atoms with E-state index < -0.39 is 18.2 Å². The van der Waals surface area contributed by atoms with Gasteiger partial charge < -0.3 is 9.47 Å². The molecule has 0 bridgehead atoms. The number of hydrogen-bond donors (Lipinski definition) is 0. The van der Waals surface area contributed by atoms with Crippen molar-refractivity contribution < 1.29 is 23.5 Å². The van der Waals surface area contributed by atoms with E-state index >= 15 is 0 Å². The summed E-state index contributed by atoms with van der Waals surface area (Å²) < 4.78 is 21.1. The molecule has 1 fully saturated rings. The van der Waals surface area contributed by atoms with Crippen molar-refractivity contribution >= 4 is 11.9 Å². The van der Waals surface area contributed by atoms with Gasteiger partial charge in [-0.3, -0.25) is 4.79 Å². The lowest BCUT2D eigenvalue weighted by atomic mass is 10.3. The fraction of sp³-hybridized carbons (Fsp3) is 0.500. The average molecular weight is 188 g/mol. The molecule has 1 rings (SSSR count). The number of hydrogen-bond acceptors (Lipinski definition) is 4. The van der Waals surface area contributed by atoms with Crippen molar-refractivity contribution in [2.75, 3.05) is 0 Å². The molecule has 1 aliphatic heterocycles. The molecule has 0 N–H and O–H groups in total. The Bertz CT molecular complexity index is 259. The minimum Gasteiger partial charge on any atom is -0.425 e. The molecule has 4 nitrogen and oxygen atoms in total. The fourth-order valence-corrected chi connectivity index (χ4v) is 0.840. The van der Waals surface area contributed by atoms with Gasteiger partial charge in [0.2, 0.25) is 6.29 Å². The van der Waals surface area contributed by atoms with Gasteiger partial charge in [0.05, 0.1) is 18.3 Å². The lowest BCUT2D eigenvalue weighted by molar-refractivity contribution is -0.173. The molecule has 0 radical (unpaired) electrons. The number of cyclic esters (lactones) is 1. The highest BCUT2D eigenvalue weighted by atomic mass is 19.1. The molecule has 0 saturated carbocycles. The third kappa shape index (κ3) is 2.54. The quantitative estimate of drug-likeness (QED) is 0.480. The van der Waals surface area contributed by atoms with Crippen LogP contribution in [0.4, 0.5) is 4.39 Å². The first kappa shape index (κ1) is 9.70. The van der Waals surface area contributed by atoms with Gasteiger partial charge >= 0.3 is 11.9 Å². The normalized spacial score (nSPS) is 22.8. The SMILES string of the molecule is CC(=CF)C(=O)OC1CCC(=O)O1. The predicted molar refractivity (Wildman–Crippen MR) is 40.1 cm³/mol. The molecule has 0 aliphatic carbocycles. The standard InChI is InChI=1S/C8H9FO4/c1-5(4-9)8(11)13-7-3-2-6(10)12-7/h4,7H,2-3H2,1H3. The summed E-state index contributed by atoms with van der Waals surface area (Å²) in [5.74, 6) is -1.21. The Hall–Kier alpha value is -1.39. The number of halogens is 1. The first-order chi connectivity index (χ1) is 6.13. The van der Waals surface area contributed by atoms with Gasteiger partial charge in [0, 0.05) is 6.42 Å². The Labute approximate surface area is 74.3 Å². The Morgan fingerprint density at radius 2 is 2.46 bits per heavy atom. The smallest absolute Gasteiger partial charge is 0.339 e. The predicted octanol–water partition coefficient (Wildman–Crippen LogP) is 1.07. The summed E-state index contributed by atoms with van der Waals surface area (Å²) >= 11 is 0. The summed E-state index contributed by atoms with van der Waals surface area (Å²) in [4.78, 5) is 21.5. The first-order valence-corrected chi connectivity index (χ1v) is 3.81. The van der Waals surface area contributed by atoms with Crippen LogP contribution in [0.15, 0.2) is 11.9 Å². The Morgan fingerprint density at radius 1 is 1.77 bits per heavy atom. The van der Waals surface area contributed by atoms with E-state index in [-0.39, 0.29) is 18.3 Å². The summed E-state index contributed by atoms with van der Waals surface area (Å²) in [7, 11) is 0. The van der Waals surface area contributed by atoms with Crippen LogP contribution in [0.3, 0.4) is 0 Å². The van der Waals surface area contributed by atoms with E-state index in [0.717, 1.165) is 0 Å². The Kier molecular flexibility index (Phi) is 3.00. The number of esters is 2. The highest BCUT2D eigenvalue weighted by Gasteiger charge is 2.26. The van der Waals surface area contributed by atoms with Crippen LogP contribution in [0.1, 0.15) is 19.8 Å². The third-order valence-corrected chi connectivity index (χ3v) is 1.57. The van der Waals surface area contributed by atoms with Gasteiger partial charge in [-0.25, -0.2) is 9.18 Å². The van der Waals surface area contributed by atoms with E-state index in [1.54, 1.807) is 0 Å². The number of ether oxygens (including phenoxy) is 2. The second-order valence-electron chi connectivity index (χ2n) is 2.66. The van der Waals surface area contributed by atoms with Crippen LogP contribution >= 0.6 is 0 Å². The van der Waals surface area contributed by atoms with Crippen molar-refractivity contribution in [2.24, 2.45) is 0 Å². The Morgan fingerprint density at radius 3 is 2.92 bits per heavy atom. The summed E-state index contributed by atoms with van der Waals surface area (Å²) in [6, 6.07) is 0. The van der Waals surface area contributed by atoms with Crippen LogP contribution < -0.4 is 0 Å². The van der Waals surface area contributed by atoms with E-state index in [4.69, 9.17) is 0 Å². The number of rotatable bonds is 2. The van der Waals surface area contributed by atoms with Crippen molar-refractivity contribution in [3.05, 3.63) is 11.9 Å². The Balaban J connectivity index is 2.41. The van der Waals surface area contributed by atoms with Gasteiger partial charge in [0.1, 0.15) is 0 Å². The van der Waals surface area contributed by atoms with E-state index in [1.165, 1.54) is 6.92 Å². The van der Waals surface area contributed by atoms with Gasteiger partial charge in [-0.05, 0) is 6.92 Å². The molecular formula is C8H9FO4. The maximum atomic E-state index is 11.8. The van der Waals surface area contributed by atoms with E-state index in [9.17, 15) is 14.0 Å². The van der Waals surface area contributed by atoms with Crippen molar-refractivity contribution in [1.82, 2.24) is 0 Å². The molecule has 5 heteroatoms. The number of carbonyl (C=O) groups excluding carboxylic acids is 2. The summed E-state index contributed by atoms with van der Waals surface area (Å²) in [5.41, 5.74) is -0.150. The summed E-state index contributed by atoms with van der Waals surface area (Å²) in [5, 5.41) is 0. The number of carbonyl (C=O) groups is 2. The zero-order chi connectivity index (χ0) is 9.84. The largest absolute Gasteiger partial charge is 0.425 e. The van der Waals surface area contributed by atoms with Crippen LogP contribution in [0.25, 0.3) is 0 Å². The minimum atomic E-state index is -0.852. The van der Waals surface area contributed by atoms with Crippen LogP contribution in [-0.2, 0) is 19.1 Å². The van der Waals surface area contributed by atoms with Crippen LogP contribution in [0.2, 0.25) is 0 Å². The molecule has 13 heavy (non-hydrogen) atoms. The molecular weight excluding hydrogens is 179 g/mol. The summed E-state index contributed by atoms with van der Waals surface area (Å²) in [6.45, 7) is 1.28. The second kappa shape index (κ2) is 4.02.